The Kier molecular flexibility index (Phi) is 5.21. The zero-order valence-electron chi connectivity index (χ0n) is 17.5. The molecule has 158 valence electrons. The molecule has 31 heavy (non-hydrogen) atoms. The molecule has 1 aliphatic rings. The lowest BCUT2D eigenvalue weighted by Crippen LogP contribution is -2.31. The Labute approximate surface area is 186 Å². The molecule has 1 saturated heterocycles. The maximum atomic E-state index is 6.29. The van der Waals surface area contributed by atoms with Crippen molar-refractivity contribution in [3.8, 4) is 5.69 Å². The second kappa shape index (κ2) is 8.17. The molecule has 0 unspecified atom stereocenters. The van der Waals surface area contributed by atoms with Gasteiger partial charge in [0.1, 0.15) is 12.1 Å². The van der Waals surface area contributed by atoms with Gasteiger partial charge in [-0.2, -0.15) is 5.10 Å². The predicted octanol–water partition coefficient (Wildman–Crippen LogP) is 4.35. The highest BCUT2D eigenvalue weighted by Crippen LogP contribution is 2.29. The first kappa shape index (κ1) is 19.8. The Balaban J connectivity index is 1.42. The summed E-state index contributed by atoms with van der Waals surface area (Å²) in [6, 6.07) is 16.7. The average Bonchev–Trinajstić information content (AvgIpc) is 3.44. The van der Waals surface area contributed by atoms with Gasteiger partial charge in [0.15, 0.2) is 5.65 Å². The fourth-order valence-electron chi connectivity index (χ4n) is 4.03. The number of hydrogen-bond acceptors (Lipinski definition) is 6. The van der Waals surface area contributed by atoms with Gasteiger partial charge in [-0.15, -0.1) is 0 Å². The summed E-state index contributed by atoms with van der Waals surface area (Å²) < 4.78 is 1.84. The number of rotatable bonds is 5. The van der Waals surface area contributed by atoms with Gasteiger partial charge >= 0.3 is 0 Å². The van der Waals surface area contributed by atoms with Gasteiger partial charge < -0.3 is 15.1 Å². The van der Waals surface area contributed by atoms with Crippen molar-refractivity contribution in [1.29, 1.82) is 0 Å². The van der Waals surface area contributed by atoms with Crippen LogP contribution >= 0.6 is 11.6 Å². The van der Waals surface area contributed by atoms with Crippen LogP contribution in [0.4, 0.5) is 17.2 Å². The smallest absolute Gasteiger partial charge is 0.168 e. The van der Waals surface area contributed by atoms with E-state index in [4.69, 9.17) is 11.6 Å². The van der Waals surface area contributed by atoms with Gasteiger partial charge in [-0.25, -0.2) is 14.6 Å². The van der Waals surface area contributed by atoms with E-state index in [1.54, 1.807) is 12.5 Å². The van der Waals surface area contributed by atoms with E-state index >= 15 is 0 Å². The molecule has 0 aliphatic carbocycles. The lowest BCUT2D eigenvalue weighted by atomic mass is 10.2. The van der Waals surface area contributed by atoms with E-state index in [1.807, 2.05) is 28.9 Å². The van der Waals surface area contributed by atoms with Gasteiger partial charge in [0, 0.05) is 24.8 Å². The van der Waals surface area contributed by atoms with Crippen molar-refractivity contribution in [2.45, 2.75) is 12.5 Å². The summed E-state index contributed by atoms with van der Waals surface area (Å²) >= 11 is 6.29. The van der Waals surface area contributed by atoms with Crippen LogP contribution in [0.1, 0.15) is 6.42 Å². The van der Waals surface area contributed by atoms with Crippen LogP contribution in [0.25, 0.3) is 16.7 Å². The summed E-state index contributed by atoms with van der Waals surface area (Å²) in [7, 11) is 4.30. The zero-order chi connectivity index (χ0) is 21.4. The van der Waals surface area contributed by atoms with Gasteiger partial charge in [-0.1, -0.05) is 23.7 Å². The summed E-state index contributed by atoms with van der Waals surface area (Å²) in [4.78, 5) is 13.6. The molecule has 1 aliphatic heterocycles. The Morgan fingerprint density at radius 1 is 1.03 bits per heavy atom. The molecule has 2 aromatic heterocycles. The first-order valence-corrected chi connectivity index (χ1v) is 10.7. The molecule has 0 amide bonds. The minimum Gasteiger partial charge on any atom is -0.370 e. The molecule has 5 rings (SSSR count). The quantitative estimate of drug-likeness (QED) is 0.504. The molecular weight excluding hydrogens is 410 g/mol. The third-order valence-corrected chi connectivity index (χ3v) is 6.18. The lowest BCUT2D eigenvalue weighted by Gasteiger charge is -2.22. The molecule has 1 N–H and O–H groups in total. The molecule has 3 heterocycles. The van der Waals surface area contributed by atoms with Crippen molar-refractivity contribution in [3.63, 3.8) is 0 Å². The number of likely N-dealkylation sites (N-methyl/N-ethyl adjacent to an activating group) is 1. The molecule has 1 fully saturated rings. The summed E-state index contributed by atoms with van der Waals surface area (Å²) in [5.41, 5.74) is 3.74. The maximum absolute atomic E-state index is 6.29. The van der Waals surface area contributed by atoms with Crippen LogP contribution in [0.15, 0.2) is 61.1 Å². The standard InChI is InChI=1S/C23H24ClN7/c1-29(2)18-11-12-30(14-18)16-7-9-17(10-8-16)31-23-19(13-27-31)22(25-15-26-23)28-21-6-4-3-5-20(21)24/h3-10,13,15,18H,11-12,14H2,1-2H3,(H,25,26,28)/t18-/m1/s1. The maximum Gasteiger partial charge on any atom is 0.168 e. The molecule has 0 saturated carbocycles. The molecule has 2 aromatic carbocycles. The van der Waals surface area contributed by atoms with E-state index < -0.39 is 0 Å². The van der Waals surface area contributed by atoms with Crippen molar-refractivity contribution >= 4 is 39.8 Å². The minimum atomic E-state index is 0.607. The van der Waals surface area contributed by atoms with Crippen LogP contribution in [0.5, 0.6) is 0 Å². The number of halogens is 1. The number of fused-ring (bicyclic) bond motifs is 1. The number of aromatic nitrogens is 4. The zero-order valence-corrected chi connectivity index (χ0v) is 18.3. The van der Waals surface area contributed by atoms with Crippen LogP contribution in [0, 0.1) is 0 Å². The monoisotopic (exact) mass is 433 g/mol. The molecule has 0 spiro atoms. The highest BCUT2D eigenvalue weighted by Gasteiger charge is 2.24. The van der Waals surface area contributed by atoms with Crippen LogP contribution in [-0.4, -0.2) is 57.9 Å². The Morgan fingerprint density at radius 2 is 1.81 bits per heavy atom. The molecular formula is C23H24ClN7. The lowest BCUT2D eigenvalue weighted by molar-refractivity contribution is 0.315. The number of benzene rings is 2. The molecule has 8 heteroatoms. The van der Waals surface area contributed by atoms with Crippen molar-refractivity contribution in [2.75, 3.05) is 37.4 Å². The molecule has 0 bridgehead atoms. The number of nitrogens with zero attached hydrogens (tertiary/aromatic N) is 6. The predicted molar refractivity (Wildman–Crippen MR) is 126 cm³/mol. The van der Waals surface area contributed by atoms with Crippen LogP contribution < -0.4 is 10.2 Å². The van der Waals surface area contributed by atoms with Gasteiger partial charge in [0.25, 0.3) is 0 Å². The highest BCUT2D eigenvalue weighted by molar-refractivity contribution is 6.33. The van der Waals surface area contributed by atoms with Gasteiger partial charge in [0.05, 0.1) is 28.0 Å². The fourth-order valence-corrected chi connectivity index (χ4v) is 4.21. The number of hydrogen-bond donors (Lipinski definition) is 1. The van der Waals surface area contributed by atoms with Crippen molar-refractivity contribution in [2.24, 2.45) is 0 Å². The van der Waals surface area contributed by atoms with Crippen molar-refractivity contribution in [3.05, 3.63) is 66.1 Å². The average molecular weight is 434 g/mol. The van der Waals surface area contributed by atoms with Gasteiger partial charge in [-0.3, -0.25) is 0 Å². The van der Waals surface area contributed by atoms with Gasteiger partial charge in [-0.05, 0) is 56.9 Å². The third kappa shape index (κ3) is 3.82. The Morgan fingerprint density at radius 3 is 2.55 bits per heavy atom. The topological polar surface area (TPSA) is 62.1 Å². The fraction of sp³-hybridized carbons (Fsp3) is 0.261. The first-order chi connectivity index (χ1) is 15.1. The number of anilines is 3. The summed E-state index contributed by atoms with van der Waals surface area (Å²) in [6.45, 7) is 2.14. The second-order valence-corrected chi connectivity index (χ2v) is 8.40. The van der Waals surface area contributed by atoms with E-state index in [9.17, 15) is 0 Å². The van der Waals surface area contributed by atoms with E-state index in [1.165, 1.54) is 12.1 Å². The summed E-state index contributed by atoms with van der Waals surface area (Å²) in [5, 5.41) is 9.33. The molecule has 7 nitrogen and oxygen atoms in total. The third-order valence-electron chi connectivity index (χ3n) is 5.85. The SMILES string of the molecule is CN(C)[C@@H]1CCN(c2ccc(-n3ncc4c(Nc5ccccc5Cl)ncnc43)cc2)C1. The van der Waals surface area contributed by atoms with E-state index in [0.717, 1.165) is 35.5 Å². The molecule has 1 atom stereocenters. The molecule has 4 aromatic rings. The van der Waals surface area contributed by atoms with Crippen molar-refractivity contribution in [1.82, 2.24) is 24.6 Å². The second-order valence-electron chi connectivity index (χ2n) is 7.99. The number of nitrogens with one attached hydrogen (secondary N) is 1. The first-order valence-electron chi connectivity index (χ1n) is 10.3. The Hall–Kier alpha value is -3.16. The Bertz CT molecular complexity index is 1200. The van der Waals surface area contributed by atoms with E-state index in [2.05, 4.69) is 68.5 Å². The highest BCUT2D eigenvalue weighted by atomic mass is 35.5. The summed E-state index contributed by atoms with van der Waals surface area (Å²) in [6.07, 6.45) is 4.51. The number of para-hydroxylation sites is 1. The van der Waals surface area contributed by atoms with Crippen molar-refractivity contribution < 1.29 is 0 Å². The van der Waals surface area contributed by atoms with Gasteiger partial charge in [0.2, 0.25) is 0 Å². The van der Waals surface area contributed by atoms with Crippen LogP contribution in [0.2, 0.25) is 5.02 Å². The minimum absolute atomic E-state index is 0.607. The molecule has 0 radical (unpaired) electrons. The van der Waals surface area contributed by atoms with Crippen LogP contribution in [0.3, 0.4) is 0 Å². The van der Waals surface area contributed by atoms with E-state index in [0.29, 0.717) is 16.9 Å². The van der Waals surface area contributed by atoms with Crippen LogP contribution in [-0.2, 0) is 0 Å². The normalized spacial score (nSPS) is 16.4. The largest absolute Gasteiger partial charge is 0.370 e. The summed E-state index contributed by atoms with van der Waals surface area (Å²) in [5.74, 6) is 0.674. The van der Waals surface area contributed by atoms with E-state index in [-0.39, 0.29) is 0 Å².